The fraction of sp³-hybridized carbons (Fsp3) is 0.250. The third-order valence-corrected chi connectivity index (χ3v) is 1.21. The van der Waals surface area contributed by atoms with Crippen molar-refractivity contribution in [3.05, 3.63) is 24.3 Å². The molecule has 0 aliphatic rings. The van der Waals surface area contributed by atoms with Gasteiger partial charge in [-0.1, -0.05) is 0 Å². The van der Waals surface area contributed by atoms with Crippen LogP contribution in [0.25, 0.3) is 0 Å². The number of rotatable bonds is 2. The van der Waals surface area contributed by atoms with Gasteiger partial charge >= 0.3 is 29.6 Å². The summed E-state index contributed by atoms with van der Waals surface area (Å²) in [5.74, 6) is 1.52. The molecule has 54 valence electrons. The number of ether oxygens (including phenoxy) is 2. The summed E-state index contributed by atoms with van der Waals surface area (Å²) < 4.78 is 9.83. The molecule has 0 aliphatic heterocycles. The quantitative estimate of drug-likeness (QED) is 0.387. The third kappa shape index (κ3) is 3.14. The first-order valence-corrected chi connectivity index (χ1v) is 2.96. The van der Waals surface area contributed by atoms with Gasteiger partial charge in [-0.25, -0.2) is 0 Å². The molecule has 0 radical (unpaired) electrons. The topological polar surface area (TPSA) is 18.5 Å². The molecule has 0 atom stereocenters. The van der Waals surface area contributed by atoms with E-state index in [0.717, 1.165) is 11.5 Å². The average Bonchev–Trinajstić information content (AvgIpc) is 2.05. The van der Waals surface area contributed by atoms with Gasteiger partial charge in [0, 0.05) is 11.5 Å². The van der Waals surface area contributed by atoms with Gasteiger partial charge in [-0.15, -0.1) is 24.3 Å². The molecule has 0 saturated carbocycles. The van der Waals surface area contributed by atoms with Crippen LogP contribution in [-0.4, -0.2) is 14.2 Å². The molecule has 0 fully saturated rings. The van der Waals surface area contributed by atoms with Gasteiger partial charge in [0.25, 0.3) is 0 Å². The molecule has 1 rings (SSSR count). The van der Waals surface area contributed by atoms with Crippen molar-refractivity contribution in [3.63, 3.8) is 0 Å². The van der Waals surface area contributed by atoms with Gasteiger partial charge in [-0.05, 0) is 0 Å². The van der Waals surface area contributed by atoms with Gasteiger partial charge in [0.2, 0.25) is 0 Å². The Kier molecular flexibility index (Phi) is 5.38. The van der Waals surface area contributed by atoms with E-state index >= 15 is 0 Å². The predicted octanol–water partition coefficient (Wildman–Crippen LogP) is -1.49. The van der Waals surface area contributed by atoms with Crippen LogP contribution < -0.4 is 39.0 Å². The van der Waals surface area contributed by atoms with Gasteiger partial charge in [-0.3, -0.25) is 0 Å². The molecule has 0 unspecified atom stereocenters. The van der Waals surface area contributed by atoms with E-state index < -0.39 is 0 Å². The van der Waals surface area contributed by atoms with Crippen LogP contribution in [0.2, 0.25) is 0 Å². The normalized spacial score (nSPS) is 8.18. The summed E-state index contributed by atoms with van der Waals surface area (Å²) in [6, 6.07) is 8.26. The monoisotopic (exact) mass is 160 g/mol. The van der Waals surface area contributed by atoms with E-state index in [1.165, 1.54) is 0 Å². The Morgan fingerprint density at radius 3 is 2.27 bits per heavy atom. The largest absolute Gasteiger partial charge is 1.00 e. The molecule has 11 heavy (non-hydrogen) atoms. The molecular weight excluding hydrogens is 151 g/mol. The fourth-order valence-corrected chi connectivity index (χ4v) is 0.650. The Bertz CT molecular complexity index is 173. The maximum atomic E-state index is 4.93. The minimum atomic E-state index is 0. The molecule has 2 nitrogen and oxygen atoms in total. The summed E-state index contributed by atoms with van der Waals surface area (Å²) >= 11 is 0. The van der Waals surface area contributed by atoms with Crippen molar-refractivity contribution in [1.82, 2.24) is 0 Å². The fourth-order valence-electron chi connectivity index (χ4n) is 0.650. The number of benzene rings is 1. The average molecular weight is 160 g/mol. The van der Waals surface area contributed by atoms with Gasteiger partial charge in [0.15, 0.2) is 0 Å². The van der Waals surface area contributed by atoms with Crippen LogP contribution in [-0.2, 0) is 0 Å². The number of hydrogen-bond acceptors (Lipinski definition) is 2. The minimum absolute atomic E-state index is 0. The SMILES string of the molecule is COc1[c-]cc(OC)cc1.[Na+]. The smallest absolute Gasteiger partial charge is 0.554 e. The zero-order valence-corrected chi connectivity index (χ0v) is 9.05. The molecule has 3 heteroatoms. The Balaban J connectivity index is 0.000001000. The summed E-state index contributed by atoms with van der Waals surface area (Å²) in [5.41, 5.74) is 0. The minimum Gasteiger partial charge on any atom is -0.554 e. The second kappa shape index (κ2) is 5.47. The van der Waals surface area contributed by atoms with Gasteiger partial charge in [0.05, 0.1) is 14.2 Å². The molecule has 0 N–H and O–H groups in total. The van der Waals surface area contributed by atoms with Crippen molar-refractivity contribution in [3.8, 4) is 11.5 Å². The van der Waals surface area contributed by atoms with Gasteiger partial charge in [-0.2, -0.15) is 0 Å². The van der Waals surface area contributed by atoms with Gasteiger partial charge in [0.1, 0.15) is 0 Å². The zero-order valence-electron chi connectivity index (χ0n) is 7.05. The van der Waals surface area contributed by atoms with Gasteiger partial charge < -0.3 is 9.47 Å². The summed E-state index contributed by atoms with van der Waals surface area (Å²) in [6.07, 6.45) is 0. The van der Waals surface area contributed by atoms with E-state index in [1.54, 1.807) is 26.4 Å². The van der Waals surface area contributed by atoms with Crippen molar-refractivity contribution >= 4 is 0 Å². The van der Waals surface area contributed by atoms with Crippen molar-refractivity contribution in [2.45, 2.75) is 0 Å². The Labute approximate surface area is 88.8 Å². The Hall–Kier alpha value is -0.180. The van der Waals surface area contributed by atoms with Crippen LogP contribution in [0.4, 0.5) is 0 Å². The predicted molar refractivity (Wildman–Crippen MR) is 38.4 cm³/mol. The summed E-state index contributed by atoms with van der Waals surface area (Å²) in [4.78, 5) is 0. The summed E-state index contributed by atoms with van der Waals surface area (Å²) in [7, 11) is 3.23. The molecule has 0 spiro atoms. The first-order valence-electron chi connectivity index (χ1n) is 2.96. The van der Waals surface area contributed by atoms with E-state index in [4.69, 9.17) is 9.47 Å². The van der Waals surface area contributed by atoms with Crippen molar-refractivity contribution in [1.29, 1.82) is 0 Å². The molecule has 0 saturated heterocycles. The summed E-state index contributed by atoms with van der Waals surface area (Å²) in [6.45, 7) is 0. The molecule has 0 bridgehead atoms. The van der Waals surface area contributed by atoms with Crippen LogP contribution in [0, 0.1) is 6.07 Å². The van der Waals surface area contributed by atoms with E-state index in [2.05, 4.69) is 6.07 Å². The maximum absolute atomic E-state index is 4.93. The zero-order chi connectivity index (χ0) is 7.40. The molecule has 1 aromatic rings. The second-order valence-electron chi connectivity index (χ2n) is 1.80. The van der Waals surface area contributed by atoms with Crippen molar-refractivity contribution in [2.24, 2.45) is 0 Å². The van der Waals surface area contributed by atoms with E-state index in [1.807, 2.05) is 6.07 Å². The Morgan fingerprint density at radius 1 is 1.18 bits per heavy atom. The Morgan fingerprint density at radius 2 is 1.91 bits per heavy atom. The molecule has 0 aliphatic carbocycles. The van der Waals surface area contributed by atoms with Crippen LogP contribution in [0.3, 0.4) is 0 Å². The first kappa shape index (κ1) is 10.8. The first-order chi connectivity index (χ1) is 4.86. The van der Waals surface area contributed by atoms with Crippen LogP contribution >= 0.6 is 0 Å². The third-order valence-electron chi connectivity index (χ3n) is 1.21. The van der Waals surface area contributed by atoms with Crippen LogP contribution in [0.1, 0.15) is 0 Å². The standard InChI is InChI=1S/C8H9O2.Na/c1-9-7-3-5-8(10-2)6-4-7;/h3-5H,1-2H3;/q-1;+1. The van der Waals surface area contributed by atoms with E-state index in [0.29, 0.717) is 0 Å². The van der Waals surface area contributed by atoms with Crippen LogP contribution in [0.5, 0.6) is 11.5 Å². The molecule has 1 aromatic carbocycles. The number of methoxy groups -OCH3 is 2. The van der Waals surface area contributed by atoms with Crippen molar-refractivity contribution in [2.75, 3.05) is 14.2 Å². The van der Waals surface area contributed by atoms with Crippen LogP contribution in [0.15, 0.2) is 18.2 Å². The second-order valence-corrected chi connectivity index (χ2v) is 1.80. The summed E-state index contributed by atoms with van der Waals surface area (Å²) in [5, 5.41) is 0. The molecular formula is C8H9NaO2. The van der Waals surface area contributed by atoms with E-state index in [9.17, 15) is 0 Å². The maximum Gasteiger partial charge on any atom is 1.00 e. The molecule has 0 heterocycles. The van der Waals surface area contributed by atoms with E-state index in [-0.39, 0.29) is 29.6 Å². The van der Waals surface area contributed by atoms with Crippen molar-refractivity contribution < 1.29 is 39.0 Å². The molecule has 0 aromatic heterocycles. The number of hydrogen-bond donors (Lipinski definition) is 0. The molecule has 0 amide bonds.